The first-order valence-electron chi connectivity index (χ1n) is 8.16. The van der Waals surface area contributed by atoms with Crippen molar-refractivity contribution in [3.05, 3.63) is 28.8 Å². The van der Waals surface area contributed by atoms with Crippen LogP contribution in [0.1, 0.15) is 25.3 Å². The maximum Gasteiger partial charge on any atom is 0.416 e. The van der Waals surface area contributed by atoms with Gasteiger partial charge in [0.25, 0.3) is 0 Å². The Morgan fingerprint density at radius 1 is 1.37 bits per heavy atom. The minimum atomic E-state index is -4.58. The SMILES string of the molecule is CCCC(=O)N=C1S[C@@H]2CS(=O)(=O)C[C@@H]2N1c1cc(C(F)(F)F)ccc1Cl. The fourth-order valence-corrected chi connectivity index (χ4v) is 7.23. The van der Waals surface area contributed by atoms with Crippen LogP contribution in [0.2, 0.25) is 5.02 Å². The number of hydrogen-bond donors (Lipinski definition) is 0. The minimum absolute atomic E-state index is 0.00615. The van der Waals surface area contributed by atoms with Gasteiger partial charge in [-0.15, -0.1) is 0 Å². The Kier molecular flexibility index (Phi) is 5.53. The molecule has 0 spiro atoms. The van der Waals surface area contributed by atoms with Crippen molar-refractivity contribution in [2.75, 3.05) is 16.4 Å². The molecular weight excluding hydrogens is 425 g/mol. The zero-order valence-corrected chi connectivity index (χ0v) is 16.6. The van der Waals surface area contributed by atoms with Crippen LogP contribution in [0.5, 0.6) is 0 Å². The number of rotatable bonds is 3. The third kappa shape index (κ3) is 4.27. The summed E-state index contributed by atoms with van der Waals surface area (Å²) in [5.41, 5.74) is -0.901. The van der Waals surface area contributed by atoms with Crippen LogP contribution in [-0.2, 0) is 20.8 Å². The van der Waals surface area contributed by atoms with Crippen LogP contribution >= 0.6 is 23.4 Å². The number of thioether (sulfide) groups is 1. The Bertz CT molecular complexity index is 903. The molecule has 1 aromatic rings. The summed E-state index contributed by atoms with van der Waals surface area (Å²) in [4.78, 5) is 17.4. The normalized spacial score (nSPS) is 25.8. The molecular formula is C16H16ClF3N2O3S2. The van der Waals surface area contributed by atoms with Gasteiger partial charge >= 0.3 is 6.18 Å². The predicted molar refractivity (Wildman–Crippen MR) is 100 cm³/mol. The number of alkyl halides is 3. The molecule has 1 aromatic carbocycles. The lowest BCUT2D eigenvalue weighted by Gasteiger charge is -2.26. The quantitative estimate of drug-likeness (QED) is 0.716. The van der Waals surface area contributed by atoms with Crippen molar-refractivity contribution in [3.8, 4) is 0 Å². The largest absolute Gasteiger partial charge is 0.416 e. The number of sulfone groups is 1. The lowest BCUT2D eigenvalue weighted by atomic mass is 10.1. The molecule has 11 heteroatoms. The van der Waals surface area contributed by atoms with E-state index in [2.05, 4.69) is 4.99 Å². The van der Waals surface area contributed by atoms with E-state index in [9.17, 15) is 26.4 Å². The first kappa shape index (κ1) is 20.5. The molecule has 2 aliphatic rings. The van der Waals surface area contributed by atoms with Gasteiger partial charge in [0.1, 0.15) is 0 Å². The van der Waals surface area contributed by atoms with Gasteiger partial charge in [0.15, 0.2) is 15.0 Å². The maximum atomic E-state index is 13.1. The first-order chi connectivity index (χ1) is 12.5. The third-order valence-electron chi connectivity index (χ3n) is 4.28. The van der Waals surface area contributed by atoms with Crippen molar-refractivity contribution in [2.24, 2.45) is 4.99 Å². The number of hydrogen-bond acceptors (Lipinski definition) is 4. The van der Waals surface area contributed by atoms with Crippen molar-refractivity contribution < 1.29 is 26.4 Å². The van der Waals surface area contributed by atoms with Crippen LogP contribution in [0.25, 0.3) is 0 Å². The number of carbonyl (C=O) groups is 1. The van der Waals surface area contributed by atoms with E-state index in [1.165, 1.54) is 4.90 Å². The molecule has 0 radical (unpaired) electrons. The Morgan fingerprint density at radius 3 is 2.70 bits per heavy atom. The topological polar surface area (TPSA) is 66.8 Å². The molecule has 2 fully saturated rings. The molecule has 2 heterocycles. The standard InChI is InChI=1S/C16H16ClF3N2O3S2/c1-2-3-14(23)21-15-22(12-7-27(24,25)8-13(12)26-15)11-6-9(16(18,19)20)4-5-10(11)17/h4-6,12-13H,2-3,7-8H2,1H3/t12-,13+/m0/s1. The Labute approximate surface area is 163 Å². The molecule has 0 bridgehead atoms. The van der Waals surface area contributed by atoms with Gasteiger partial charge in [-0.2, -0.15) is 18.2 Å². The van der Waals surface area contributed by atoms with Crippen LogP contribution in [-0.4, -0.2) is 42.3 Å². The summed E-state index contributed by atoms with van der Waals surface area (Å²) in [6.07, 6.45) is -3.81. The van der Waals surface area contributed by atoms with Crippen molar-refractivity contribution >= 4 is 50.0 Å². The van der Waals surface area contributed by atoms with Crippen molar-refractivity contribution in [1.82, 2.24) is 0 Å². The predicted octanol–water partition coefficient (Wildman–Crippen LogP) is 3.76. The number of amidine groups is 1. The summed E-state index contributed by atoms with van der Waals surface area (Å²) in [5, 5.41) is -0.183. The lowest BCUT2D eigenvalue weighted by molar-refractivity contribution is -0.137. The molecule has 2 saturated heterocycles. The number of amides is 1. The molecule has 5 nitrogen and oxygen atoms in total. The molecule has 1 amide bonds. The number of anilines is 1. The Morgan fingerprint density at radius 2 is 2.07 bits per heavy atom. The van der Waals surface area contributed by atoms with Crippen LogP contribution in [0.4, 0.5) is 18.9 Å². The summed E-state index contributed by atoms with van der Waals surface area (Å²) in [6.45, 7) is 1.81. The maximum absolute atomic E-state index is 13.1. The second-order valence-corrected chi connectivity index (χ2v) is 10.1. The smallest absolute Gasteiger partial charge is 0.314 e. The molecule has 27 heavy (non-hydrogen) atoms. The molecule has 0 saturated carbocycles. The highest BCUT2D eigenvalue weighted by Gasteiger charge is 2.50. The van der Waals surface area contributed by atoms with Crippen molar-refractivity contribution in [3.63, 3.8) is 0 Å². The number of halogens is 4. The number of carbonyl (C=O) groups excluding carboxylic acids is 1. The Hall–Kier alpha value is -1.26. The monoisotopic (exact) mass is 440 g/mol. The van der Waals surface area contributed by atoms with Crippen LogP contribution in [0, 0.1) is 0 Å². The van der Waals surface area contributed by atoms with Gasteiger partial charge < -0.3 is 4.90 Å². The first-order valence-corrected chi connectivity index (χ1v) is 11.2. The van der Waals surface area contributed by atoms with Gasteiger partial charge in [-0.05, 0) is 24.6 Å². The van der Waals surface area contributed by atoms with Crippen LogP contribution in [0.3, 0.4) is 0 Å². The van der Waals surface area contributed by atoms with Crippen molar-refractivity contribution in [2.45, 2.75) is 37.2 Å². The van der Waals surface area contributed by atoms with Gasteiger partial charge in [-0.3, -0.25) is 4.79 Å². The highest BCUT2D eigenvalue weighted by Crippen LogP contribution is 2.44. The fraction of sp³-hybridized carbons (Fsp3) is 0.500. The minimum Gasteiger partial charge on any atom is -0.314 e. The van der Waals surface area contributed by atoms with Crippen LogP contribution < -0.4 is 4.90 Å². The second-order valence-electron chi connectivity index (χ2n) is 6.37. The third-order valence-corrected chi connectivity index (χ3v) is 7.81. The zero-order valence-electron chi connectivity index (χ0n) is 14.2. The molecule has 2 atom stereocenters. The van der Waals surface area contributed by atoms with Crippen molar-refractivity contribution in [1.29, 1.82) is 0 Å². The lowest BCUT2D eigenvalue weighted by Crippen LogP contribution is -2.38. The van der Waals surface area contributed by atoms with E-state index in [0.717, 1.165) is 30.0 Å². The molecule has 0 aromatic heterocycles. The zero-order chi connectivity index (χ0) is 20.0. The Balaban J connectivity index is 2.09. The van der Waals surface area contributed by atoms with E-state index < -0.39 is 38.8 Å². The van der Waals surface area contributed by atoms with Gasteiger partial charge in [0.05, 0.1) is 33.8 Å². The summed E-state index contributed by atoms with van der Waals surface area (Å²) < 4.78 is 63.4. The molecule has 2 aliphatic heterocycles. The second kappa shape index (κ2) is 7.29. The molecule has 148 valence electrons. The molecule has 0 N–H and O–H groups in total. The van der Waals surface area contributed by atoms with Gasteiger partial charge in [0, 0.05) is 11.7 Å². The molecule has 3 rings (SSSR count). The number of benzene rings is 1. The summed E-state index contributed by atoms with van der Waals surface area (Å²) in [6, 6.07) is 2.23. The average molecular weight is 441 g/mol. The highest BCUT2D eigenvalue weighted by atomic mass is 35.5. The van der Waals surface area contributed by atoms with E-state index >= 15 is 0 Å². The van der Waals surface area contributed by atoms with E-state index in [0.29, 0.717) is 6.42 Å². The summed E-state index contributed by atoms with van der Waals surface area (Å²) >= 11 is 7.24. The summed E-state index contributed by atoms with van der Waals surface area (Å²) in [5.74, 6) is -0.745. The number of nitrogens with zero attached hydrogens (tertiary/aromatic N) is 2. The average Bonchev–Trinajstić information content (AvgIpc) is 2.98. The van der Waals surface area contributed by atoms with Gasteiger partial charge in [-0.25, -0.2) is 8.42 Å². The summed E-state index contributed by atoms with van der Waals surface area (Å²) in [7, 11) is -3.33. The number of fused-ring (bicyclic) bond motifs is 1. The van der Waals surface area contributed by atoms with E-state index in [1.54, 1.807) is 0 Å². The van der Waals surface area contributed by atoms with E-state index in [4.69, 9.17) is 11.6 Å². The van der Waals surface area contributed by atoms with E-state index in [-0.39, 0.29) is 33.8 Å². The molecule has 0 aliphatic carbocycles. The van der Waals surface area contributed by atoms with Gasteiger partial charge in [0.2, 0.25) is 5.91 Å². The molecule has 0 unspecified atom stereocenters. The van der Waals surface area contributed by atoms with E-state index in [1.807, 2.05) is 6.92 Å². The fourth-order valence-electron chi connectivity index (χ4n) is 3.10. The van der Waals surface area contributed by atoms with Crippen LogP contribution in [0.15, 0.2) is 23.2 Å². The highest BCUT2D eigenvalue weighted by molar-refractivity contribution is 8.16. The number of aliphatic imine (C=N–C) groups is 1. The van der Waals surface area contributed by atoms with Gasteiger partial charge in [-0.1, -0.05) is 30.3 Å².